The molecule has 1 aliphatic heterocycles. The third-order valence-corrected chi connectivity index (χ3v) is 3.23. The molecule has 4 heteroatoms. The van der Waals surface area contributed by atoms with E-state index in [4.69, 9.17) is 4.74 Å². The van der Waals surface area contributed by atoms with E-state index in [1.54, 1.807) is 0 Å². The minimum absolute atomic E-state index is 0.228. The van der Waals surface area contributed by atoms with E-state index < -0.39 is 5.60 Å². The first-order valence-electron chi connectivity index (χ1n) is 6.42. The minimum Gasteiger partial charge on any atom is -0.456 e. The topological polar surface area (TPSA) is 43.3 Å². The Balaban J connectivity index is 2.26. The summed E-state index contributed by atoms with van der Waals surface area (Å²) in [5.41, 5.74) is 2.37. The molecule has 0 amide bonds. The number of carbonyl (C=O) groups excluding carboxylic acids is 1. The van der Waals surface area contributed by atoms with E-state index in [-0.39, 0.29) is 5.97 Å². The smallest absolute Gasteiger partial charge is 0.340 e. The lowest BCUT2D eigenvalue weighted by atomic mass is 10.1. The molecule has 4 nitrogen and oxygen atoms in total. The van der Waals surface area contributed by atoms with E-state index in [0.29, 0.717) is 11.6 Å². The highest BCUT2D eigenvalue weighted by atomic mass is 16.6. The molecule has 1 saturated heterocycles. The molecule has 0 unspecified atom stereocenters. The van der Waals surface area contributed by atoms with Crippen LogP contribution in [0.3, 0.4) is 0 Å². The number of ether oxygens (including phenoxy) is 1. The molecule has 1 fully saturated rings. The van der Waals surface area contributed by atoms with E-state index >= 15 is 0 Å². The number of aryl methyl sites for hydroxylation is 1. The van der Waals surface area contributed by atoms with Crippen molar-refractivity contribution in [1.29, 1.82) is 0 Å². The zero-order chi connectivity index (χ0) is 13.5. The first-order valence-corrected chi connectivity index (χ1v) is 6.42. The van der Waals surface area contributed by atoms with E-state index in [0.717, 1.165) is 24.5 Å². The molecular formula is C14H22N2O2. The van der Waals surface area contributed by atoms with Gasteiger partial charge in [0.05, 0.1) is 11.6 Å². The van der Waals surface area contributed by atoms with Crippen LogP contribution in [-0.4, -0.2) is 29.2 Å². The van der Waals surface area contributed by atoms with Crippen molar-refractivity contribution in [2.75, 3.05) is 13.1 Å². The summed E-state index contributed by atoms with van der Waals surface area (Å²) in [6, 6.07) is 2.41. The molecule has 0 aromatic carbocycles. The lowest BCUT2D eigenvalue weighted by molar-refractivity contribution is 0.00685. The molecule has 2 rings (SSSR count). The molecule has 0 aliphatic carbocycles. The monoisotopic (exact) mass is 250 g/mol. The van der Waals surface area contributed by atoms with Gasteiger partial charge in [0.25, 0.3) is 0 Å². The van der Waals surface area contributed by atoms with E-state index in [9.17, 15) is 4.79 Å². The molecule has 1 aromatic heterocycles. The number of carbonyl (C=O) groups is 1. The third kappa shape index (κ3) is 2.43. The van der Waals surface area contributed by atoms with Gasteiger partial charge in [0.1, 0.15) is 5.60 Å². The van der Waals surface area contributed by atoms with Gasteiger partial charge in [-0.25, -0.2) is 4.79 Å². The zero-order valence-corrected chi connectivity index (χ0v) is 11.8. The maximum Gasteiger partial charge on any atom is 0.340 e. The molecule has 0 radical (unpaired) electrons. The molecule has 1 aliphatic rings. The van der Waals surface area contributed by atoms with Crippen LogP contribution in [0.15, 0.2) is 6.07 Å². The third-order valence-electron chi connectivity index (χ3n) is 3.23. The maximum atomic E-state index is 12.1. The van der Waals surface area contributed by atoms with Crippen LogP contribution in [-0.2, 0) is 4.74 Å². The number of aromatic nitrogens is 1. The number of hydrogen-bond donors (Lipinski definition) is 1. The second-order valence-electron chi connectivity index (χ2n) is 5.97. The Bertz CT molecular complexity index is 465. The fourth-order valence-corrected chi connectivity index (χ4v) is 2.33. The molecule has 0 saturated carbocycles. The summed E-state index contributed by atoms with van der Waals surface area (Å²) in [6.45, 7) is 11.7. The maximum absolute atomic E-state index is 12.1. The normalized spacial score (nSPS) is 16.5. The van der Waals surface area contributed by atoms with Gasteiger partial charge in [-0.2, -0.15) is 0 Å². The Morgan fingerprint density at radius 3 is 2.44 bits per heavy atom. The fourth-order valence-electron chi connectivity index (χ4n) is 2.33. The van der Waals surface area contributed by atoms with Crippen molar-refractivity contribution in [3.63, 3.8) is 0 Å². The van der Waals surface area contributed by atoms with Gasteiger partial charge in [0, 0.05) is 24.5 Å². The van der Waals surface area contributed by atoms with Crippen molar-refractivity contribution in [3.8, 4) is 0 Å². The van der Waals surface area contributed by atoms with Crippen LogP contribution in [0, 0.1) is 13.8 Å². The summed E-state index contributed by atoms with van der Waals surface area (Å²) in [4.78, 5) is 12.1. The van der Waals surface area contributed by atoms with Gasteiger partial charge >= 0.3 is 5.97 Å². The summed E-state index contributed by atoms with van der Waals surface area (Å²) in [5.74, 6) is -0.228. The Morgan fingerprint density at radius 1 is 1.39 bits per heavy atom. The molecule has 0 spiro atoms. The van der Waals surface area contributed by atoms with Crippen LogP contribution >= 0.6 is 0 Å². The lowest BCUT2D eigenvalue weighted by Gasteiger charge is -2.31. The highest BCUT2D eigenvalue weighted by Gasteiger charge is 2.27. The number of nitrogens with one attached hydrogen (secondary N) is 1. The largest absolute Gasteiger partial charge is 0.456 e. The van der Waals surface area contributed by atoms with Gasteiger partial charge in [-0.15, -0.1) is 0 Å². The van der Waals surface area contributed by atoms with Gasteiger partial charge in [0.2, 0.25) is 0 Å². The average Bonchev–Trinajstić information content (AvgIpc) is 2.40. The summed E-state index contributed by atoms with van der Waals surface area (Å²) in [5, 5.41) is 3.25. The van der Waals surface area contributed by atoms with Crippen LogP contribution in [0.25, 0.3) is 0 Å². The molecule has 1 N–H and O–H groups in total. The SMILES string of the molecule is Cc1cc(C(=O)OC(C)(C)C)c(C)n1C1CNC1. The molecule has 0 atom stereocenters. The van der Waals surface area contributed by atoms with Gasteiger partial charge in [-0.1, -0.05) is 0 Å². The van der Waals surface area contributed by atoms with Gasteiger partial charge in [0.15, 0.2) is 0 Å². The molecule has 1 aromatic rings. The number of rotatable bonds is 2. The lowest BCUT2D eigenvalue weighted by Crippen LogP contribution is -2.44. The molecular weight excluding hydrogens is 228 g/mol. The van der Waals surface area contributed by atoms with Crippen LogP contribution in [0.1, 0.15) is 48.6 Å². The second kappa shape index (κ2) is 4.43. The summed E-state index contributed by atoms with van der Waals surface area (Å²) in [6.07, 6.45) is 0. The number of hydrogen-bond acceptors (Lipinski definition) is 3. The molecule has 2 heterocycles. The van der Waals surface area contributed by atoms with Crippen molar-refractivity contribution < 1.29 is 9.53 Å². The Labute approximate surface area is 108 Å². The van der Waals surface area contributed by atoms with Gasteiger partial charge in [-0.3, -0.25) is 0 Å². The van der Waals surface area contributed by atoms with Crippen molar-refractivity contribution in [1.82, 2.24) is 9.88 Å². The van der Waals surface area contributed by atoms with Crippen LogP contribution < -0.4 is 5.32 Å². The van der Waals surface area contributed by atoms with Crippen molar-refractivity contribution in [2.45, 2.75) is 46.3 Å². The first kappa shape index (κ1) is 13.1. The van der Waals surface area contributed by atoms with E-state index in [1.165, 1.54) is 0 Å². The van der Waals surface area contributed by atoms with Crippen LogP contribution in [0.2, 0.25) is 0 Å². The summed E-state index contributed by atoms with van der Waals surface area (Å²) < 4.78 is 7.67. The number of nitrogens with zero attached hydrogens (tertiary/aromatic N) is 1. The predicted octanol–water partition coefficient (Wildman–Crippen LogP) is 2.20. The second-order valence-corrected chi connectivity index (χ2v) is 5.97. The average molecular weight is 250 g/mol. The fraction of sp³-hybridized carbons (Fsp3) is 0.643. The number of esters is 1. The van der Waals surface area contributed by atoms with Crippen LogP contribution in [0.4, 0.5) is 0 Å². The van der Waals surface area contributed by atoms with Gasteiger partial charge < -0.3 is 14.6 Å². The molecule has 18 heavy (non-hydrogen) atoms. The Morgan fingerprint density at radius 2 is 2.00 bits per heavy atom. The standard InChI is InChI=1S/C14H22N2O2/c1-9-6-12(13(17)18-14(3,4)5)10(2)16(9)11-7-15-8-11/h6,11,15H,7-8H2,1-5H3. The predicted molar refractivity (Wildman–Crippen MR) is 71.0 cm³/mol. The van der Waals surface area contributed by atoms with Crippen molar-refractivity contribution in [2.24, 2.45) is 0 Å². The first-order chi connectivity index (χ1) is 8.29. The van der Waals surface area contributed by atoms with Crippen LogP contribution in [0.5, 0.6) is 0 Å². The Hall–Kier alpha value is -1.29. The summed E-state index contributed by atoms with van der Waals surface area (Å²) >= 11 is 0. The van der Waals surface area contributed by atoms with E-state index in [1.807, 2.05) is 40.7 Å². The molecule has 0 bridgehead atoms. The minimum atomic E-state index is -0.447. The van der Waals surface area contributed by atoms with Crippen molar-refractivity contribution in [3.05, 3.63) is 23.0 Å². The molecule has 100 valence electrons. The summed E-state index contributed by atoms with van der Waals surface area (Å²) in [7, 11) is 0. The van der Waals surface area contributed by atoms with Crippen molar-refractivity contribution >= 4 is 5.97 Å². The highest BCUT2D eigenvalue weighted by Crippen LogP contribution is 2.24. The van der Waals surface area contributed by atoms with Gasteiger partial charge in [-0.05, 0) is 40.7 Å². The zero-order valence-electron chi connectivity index (χ0n) is 11.8. The Kier molecular flexibility index (Phi) is 3.23. The van der Waals surface area contributed by atoms with E-state index in [2.05, 4.69) is 9.88 Å². The highest BCUT2D eigenvalue weighted by molar-refractivity contribution is 5.91. The quantitative estimate of drug-likeness (QED) is 0.818.